The van der Waals surface area contributed by atoms with E-state index in [0.29, 0.717) is 32.7 Å². The van der Waals surface area contributed by atoms with E-state index < -0.39 is 0 Å². The zero-order valence-corrected chi connectivity index (χ0v) is 10.6. The van der Waals surface area contributed by atoms with Crippen molar-refractivity contribution < 1.29 is 14.3 Å². The first-order valence-corrected chi connectivity index (χ1v) is 5.94. The molecule has 0 aliphatic carbocycles. The molecule has 1 heterocycles. The van der Waals surface area contributed by atoms with Gasteiger partial charge in [-0.2, -0.15) is 0 Å². The third-order valence-electron chi connectivity index (χ3n) is 2.78. The Morgan fingerprint density at radius 2 is 1.65 bits per heavy atom. The first kappa shape index (κ1) is 13.9. The fourth-order valence-electron chi connectivity index (χ4n) is 1.76. The van der Waals surface area contributed by atoms with E-state index in [2.05, 4.69) is 5.32 Å². The van der Waals surface area contributed by atoms with Crippen molar-refractivity contribution in [2.45, 2.75) is 6.92 Å². The molecular formula is C11H21N3O3. The largest absolute Gasteiger partial charge is 0.375 e. The number of piperazine rings is 1. The van der Waals surface area contributed by atoms with Crippen molar-refractivity contribution in [3.8, 4) is 0 Å². The van der Waals surface area contributed by atoms with E-state index in [4.69, 9.17) is 4.74 Å². The van der Waals surface area contributed by atoms with Gasteiger partial charge in [0.15, 0.2) is 0 Å². The lowest BCUT2D eigenvalue weighted by Crippen LogP contribution is -2.52. The van der Waals surface area contributed by atoms with Crippen molar-refractivity contribution in [2.24, 2.45) is 0 Å². The number of methoxy groups -OCH3 is 1. The van der Waals surface area contributed by atoms with E-state index in [9.17, 15) is 9.59 Å². The fourth-order valence-corrected chi connectivity index (χ4v) is 1.76. The van der Waals surface area contributed by atoms with Gasteiger partial charge in [0.05, 0.1) is 6.54 Å². The number of hydrogen-bond acceptors (Lipinski definition) is 4. The normalized spacial score (nSPS) is 16.1. The van der Waals surface area contributed by atoms with E-state index in [-0.39, 0.29) is 18.4 Å². The maximum atomic E-state index is 11.7. The van der Waals surface area contributed by atoms with Gasteiger partial charge in [0.25, 0.3) is 0 Å². The fraction of sp³-hybridized carbons (Fsp3) is 0.818. The molecule has 0 bridgehead atoms. The van der Waals surface area contributed by atoms with Gasteiger partial charge in [0.2, 0.25) is 11.8 Å². The molecule has 0 aromatic heterocycles. The Hall–Kier alpha value is -1.14. The van der Waals surface area contributed by atoms with Crippen molar-refractivity contribution in [3.63, 3.8) is 0 Å². The van der Waals surface area contributed by atoms with Crippen LogP contribution in [0.2, 0.25) is 0 Å². The summed E-state index contributed by atoms with van der Waals surface area (Å²) in [5.41, 5.74) is 0. The summed E-state index contributed by atoms with van der Waals surface area (Å²) in [7, 11) is 1.51. The first-order chi connectivity index (χ1) is 8.19. The Kier molecular flexibility index (Phi) is 5.93. The van der Waals surface area contributed by atoms with Crippen LogP contribution in [0.4, 0.5) is 0 Å². The predicted octanol–water partition coefficient (Wildman–Crippen LogP) is -1.09. The highest BCUT2D eigenvalue weighted by Crippen LogP contribution is 2.02. The Bertz CT molecular complexity index is 263. The average Bonchev–Trinajstić information content (AvgIpc) is 2.36. The molecule has 1 fully saturated rings. The highest BCUT2D eigenvalue weighted by atomic mass is 16.5. The molecule has 1 rings (SSSR count). The van der Waals surface area contributed by atoms with Crippen LogP contribution in [0.3, 0.4) is 0 Å². The van der Waals surface area contributed by atoms with Gasteiger partial charge in [0, 0.05) is 33.3 Å². The molecule has 0 radical (unpaired) electrons. The van der Waals surface area contributed by atoms with Gasteiger partial charge in [-0.3, -0.25) is 9.59 Å². The van der Waals surface area contributed by atoms with Crippen LogP contribution in [0.25, 0.3) is 0 Å². The van der Waals surface area contributed by atoms with Crippen LogP contribution >= 0.6 is 0 Å². The molecule has 6 nitrogen and oxygen atoms in total. The molecule has 98 valence electrons. The zero-order chi connectivity index (χ0) is 12.7. The van der Waals surface area contributed by atoms with Gasteiger partial charge in [-0.25, -0.2) is 0 Å². The number of rotatable bonds is 5. The molecule has 1 saturated heterocycles. The summed E-state index contributed by atoms with van der Waals surface area (Å²) in [5, 5.41) is 3.01. The van der Waals surface area contributed by atoms with Crippen LogP contribution in [-0.2, 0) is 14.3 Å². The molecule has 0 unspecified atom stereocenters. The predicted molar refractivity (Wildman–Crippen MR) is 63.6 cm³/mol. The number of nitrogens with zero attached hydrogens (tertiary/aromatic N) is 2. The molecule has 1 aliphatic heterocycles. The Balaban J connectivity index is 2.30. The number of likely N-dealkylation sites (N-methyl/N-ethyl adjacent to an activating group) is 1. The van der Waals surface area contributed by atoms with E-state index in [1.54, 1.807) is 9.80 Å². The van der Waals surface area contributed by atoms with Gasteiger partial charge in [-0.15, -0.1) is 0 Å². The summed E-state index contributed by atoms with van der Waals surface area (Å²) in [6, 6.07) is 0. The molecule has 17 heavy (non-hydrogen) atoms. The summed E-state index contributed by atoms with van der Waals surface area (Å²) in [4.78, 5) is 26.8. The third kappa shape index (κ3) is 4.32. The molecule has 0 atom stereocenters. The number of amides is 2. The maximum absolute atomic E-state index is 11.7. The van der Waals surface area contributed by atoms with Crippen LogP contribution < -0.4 is 5.32 Å². The lowest BCUT2D eigenvalue weighted by Gasteiger charge is -2.34. The summed E-state index contributed by atoms with van der Waals surface area (Å²) in [6.45, 7) is 5.67. The van der Waals surface area contributed by atoms with Gasteiger partial charge in [0.1, 0.15) is 6.61 Å². The molecule has 1 aliphatic rings. The molecule has 0 aromatic carbocycles. The van der Waals surface area contributed by atoms with Crippen molar-refractivity contribution in [1.29, 1.82) is 0 Å². The zero-order valence-electron chi connectivity index (χ0n) is 10.6. The third-order valence-corrected chi connectivity index (χ3v) is 2.78. The molecule has 0 spiro atoms. The molecular weight excluding hydrogens is 222 g/mol. The van der Waals surface area contributed by atoms with Gasteiger partial charge in [-0.05, 0) is 6.54 Å². The number of nitrogens with one attached hydrogen (secondary N) is 1. The summed E-state index contributed by atoms with van der Waals surface area (Å²) in [6.07, 6.45) is 0. The minimum atomic E-state index is -0.00807. The lowest BCUT2D eigenvalue weighted by molar-refractivity contribution is -0.141. The van der Waals surface area contributed by atoms with Crippen molar-refractivity contribution in [3.05, 3.63) is 0 Å². The second-order valence-electron chi connectivity index (χ2n) is 3.97. The number of carbonyl (C=O) groups is 2. The van der Waals surface area contributed by atoms with Gasteiger partial charge >= 0.3 is 0 Å². The SMILES string of the molecule is CCNCC(=O)N1CCN(C(=O)COC)CC1. The number of hydrogen-bond donors (Lipinski definition) is 1. The smallest absolute Gasteiger partial charge is 0.248 e. The summed E-state index contributed by atoms with van der Waals surface area (Å²) in [5.74, 6) is 0.0944. The van der Waals surface area contributed by atoms with Crippen LogP contribution in [0.15, 0.2) is 0 Å². The van der Waals surface area contributed by atoms with Crippen LogP contribution in [0.5, 0.6) is 0 Å². The van der Waals surface area contributed by atoms with Crippen LogP contribution in [-0.4, -0.2) is 74.6 Å². The first-order valence-electron chi connectivity index (χ1n) is 5.94. The monoisotopic (exact) mass is 243 g/mol. The molecule has 0 aromatic rings. The minimum Gasteiger partial charge on any atom is -0.375 e. The van der Waals surface area contributed by atoms with Crippen molar-refractivity contribution in [1.82, 2.24) is 15.1 Å². The number of ether oxygens (including phenoxy) is 1. The quantitative estimate of drug-likeness (QED) is 0.667. The van der Waals surface area contributed by atoms with Crippen LogP contribution in [0, 0.1) is 0 Å². The molecule has 2 amide bonds. The van der Waals surface area contributed by atoms with E-state index in [0.717, 1.165) is 6.54 Å². The Morgan fingerprint density at radius 1 is 1.12 bits per heavy atom. The second kappa shape index (κ2) is 7.24. The van der Waals surface area contributed by atoms with Crippen molar-refractivity contribution in [2.75, 3.05) is 53.0 Å². The highest BCUT2D eigenvalue weighted by Gasteiger charge is 2.23. The Labute approximate surface area is 102 Å². The van der Waals surface area contributed by atoms with E-state index >= 15 is 0 Å². The molecule has 1 N–H and O–H groups in total. The van der Waals surface area contributed by atoms with Crippen LogP contribution in [0.1, 0.15) is 6.92 Å². The Morgan fingerprint density at radius 3 is 2.12 bits per heavy atom. The maximum Gasteiger partial charge on any atom is 0.248 e. The molecule has 6 heteroatoms. The minimum absolute atomic E-state index is 0.00807. The van der Waals surface area contributed by atoms with E-state index in [1.165, 1.54) is 7.11 Å². The summed E-state index contributed by atoms with van der Waals surface area (Å²) < 4.78 is 4.80. The highest BCUT2D eigenvalue weighted by molar-refractivity contribution is 5.80. The van der Waals surface area contributed by atoms with Gasteiger partial charge < -0.3 is 19.9 Å². The van der Waals surface area contributed by atoms with Crippen molar-refractivity contribution >= 4 is 11.8 Å². The average molecular weight is 243 g/mol. The topological polar surface area (TPSA) is 61.9 Å². The standard InChI is InChI=1S/C11H21N3O3/c1-3-12-8-10(15)13-4-6-14(7-5-13)11(16)9-17-2/h12H,3-9H2,1-2H3. The second-order valence-corrected chi connectivity index (χ2v) is 3.97. The molecule has 0 saturated carbocycles. The summed E-state index contributed by atoms with van der Waals surface area (Å²) >= 11 is 0. The lowest BCUT2D eigenvalue weighted by atomic mass is 10.3. The number of carbonyl (C=O) groups excluding carboxylic acids is 2. The van der Waals surface area contributed by atoms with Gasteiger partial charge in [-0.1, -0.05) is 6.92 Å². The van der Waals surface area contributed by atoms with E-state index in [1.807, 2.05) is 6.92 Å².